The SMILES string of the molecule is CCCCCCCC(=O)N(C)CCN(C)C(=O)CCCCCCC. The second kappa shape index (κ2) is 15.5. The molecular weight excluding hydrogens is 300 g/mol. The fourth-order valence-electron chi connectivity index (χ4n) is 2.69. The highest BCUT2D eigenvalue weighted by molar-refractivity contribution is 5.77. The lowest BCUT2D eigenvalue weighted by Gasteiger charge is -2.22. The summed E-state index contributed by atoms with van der Waals surface area (Å²) in [6.45, 7) is 5.65. The molecule has 0 aromatic rings. The topological polar surface area (TPSA) is 40.6 Å². The van der Waals surface area contributed by atoms with E-state index in [1.165, 1.54) is 38.5 Å². The first-order valence-electron chi connectivity index (χ1n) is 10.0. The maximum absolute atomic E-state index is 12.1. The molecule has 0 saturated heterocycles. The molecule has 0 N–H and O–H groups in total. The quantitative estimate of drug-likeness (QED) is 0.408. The van der Waals surface area contributed by atoms with Gasteiger partial charge in [0, 0.05) is 40.0 Å². The molecule has 0 aliphatic heterocycles. The van der Waals surface area contributed by atoms with Gasteiger partial charge in [-0.05, 0) is 12.8 Å². The van der Waals surface area contributed by atoms with Crippen LogP contribution in [0.25, 0.3) is 0 Å². The molecule has 0 rings (SSSR count). The Kier molecular flexibility index (Phi) is 14.8. The first-order valence-corrected chi connectivity index (χ1v) is 10.0. The van der Waals surface area contributed by atoms with Crippen LogP contribution in [0.5, 0.6) is 0 Å². The van der Waals surface area contributed by atoms with E-state index in [9.17, 15) is 9.59 Å². The van der Waals surface area contributed by atoms with Crippen molar-refractivity contribution in [1.29, 1.82) is 0 Å². The molecule has 0 aliphatic carbocycles. The van der Waals surface area contributed by atoms with E-state index in [0.29, 0.717) is 25.9 Å². The van der Waals surface area contributed by atoms with Crippen LogP contribution in [0.4, 0.5) is 0 Å². The van der Waals surface area contributed by atoms with Crippen molar-refractivity contribution in [2.75, 3.05) is 27.2 Å². The van der Waals surface area contributed by atoms with Gasteiger partial charge in [-0.1, -0.05) is 65.2 Å². The van der Waals surface area contributed by atoms with Crippen molar-refractivity contribution in [2.24, 2.45) is 0 Å². The van der Waals surface area contributed by atoms with Gasteiger partial charge in [-0.15, -0.1) is 0 Å². The van der Waals surface area contributed by atoms with Crippen LogP contribution in [-0.2, 0) is 9.59 Å². The van der Waals surface area contributed by atoms with Gasteiger partial charge in [0.05, 0.1) is 0 Å². The number of carbonyl (C=O) groups excluding carboxylic acids is 2. The van der Waals surface area contributed by atoms with Gasteiger partial charge >= 0.3 is 0 Å². The maximum Gasteiger partial charge on any atom is 0.222 e. The van der Waals surface area contributed by atoms with Crippen molar-refractivity contribution in [3.05, 3.63) is 0 Å². The summed E-state index contributed by atoms with van der Waals surface area (Å²) in [5, 5.41) is 0. The molecular formula is C20H40N2O2. The predicted molar refractivity (Wildman–Crippen MR) is 102 cm³/mol. The van der Waals surface area contributed by atoms with E-state index in [1.807, 2.05) is 14.1 Å². The molecule has 0 saturated carbocycles. The molecule has 2 amide bonds. The van der Waals surface area contributed by atoms with Crippen LogP contribution in [0, 0.1) is 0 Å². The van der Waals surface area contributed by atoms with Crippen molar-refractivity contribution in [3.8, 4) is 0 Å². The lowest BCUT2D eigenvalue weighted by molar-refractivity contribution is -0.133. The monoisotopic (exact) mass is 340 g/mol. The van der Waals surface area contributed by atoms with E-state index in [2.05, 4.69) is 13.8 Å². The third kappa shape index (κ3) is 12.4. The van der Waals surface area contributed by atoms with Crippen LogP contribution in [0.2, 0.25) is 0 Å². The van der Waals surface area contributed by atoms with Crippen molar-refractivity contribution >= 4 is 11.8 Å². The summed E-state index contributed by atoms with van der Waals surface area (Å²) in [6, 6.07) is 0. The molecule has 0 aromatic heterocycles. The molecule has 4 heteroatoms. The third-order valence-electron chi connectivity index (χ3n) is 4.61. The average Bonchev–Trinajstić information content (AvgIpc) is 2.58. The average molecular weight is 341 g/mol. The first kappa shape index (κ1) is 22.9. The minimum absolute atomic E-state index is 0.201. The fourth-order valence-corrected chi connectivity index (χ4v) is 2.69. The van der Waals surface area contributed by atoms with Gasteiger partial charge in [0.25, 0.3) is 0 Å². The van der Waals surface area contributed by atoms with Gasteiger partial charge in [0.2, 0.25) is 11.8 Å². The van der Waals surface area contributed by atoms with Gasteiger partial charge in [0.15, 0.2) is 0 Å². The maximum atomic E-state index is 12.1. The predicted octanol–water partition coefficient (Wildman–Crippen LogP) is 4.62. The summed E-state index contributed by atoms with van der Waals surface area (Å²) in [7, 11) is 3.69. The summed E-state index contributed by atoms with van der Waals surface area (Å²) >= 11 is 0. The highest BCUT2D eigenvalue weighted by Crippen LogP contribution is 2.08. The summed E-state index contributed by atoms with van der Waals surface area (Å²) in [5.74, 6) is 0.402. The summed E-state index contributed by atoms with van der Waals surface area (Å²) < 4.78 is 0. The van der Waals surface area contributed by atoms with Crippen LogP contribution in [0.1, 0.15) is 90.9 Å². The molecule has 24 heavy (non-hydrogen) atoms. The van der Waals surface area contributed by atoms with Gasteiger partial charge < -0.3 is 9.80 Å². The molecule has 142 valence electrons. The lowest BCUT2D eigenvalue weighted by Crippen LogP contribution is -2.37. The van der Waals surface area contributed by atoms with Crippen molar-refractivity contribution in [2.45, 2.75) is 90.9 Å². The Labute approximate surface area is 150 Å². The molecule has 0 aromatic carbocycles. The van der Waals surface area contributed by atoms with Crippen molar-refractivity contribution < 1.29 is 9.59 Å². The van der Waals surface area contributed by atoms with E-state index >= 15 is 0 Å². The Morgan fingerprint density at radius 1 is 0.583 bits per heavy atom. The minimum Gasteiger partial charge on any atom is -0.344 e. The Morgan fingerprint density at radius 2 is 0.917 bits per heavy atom. The molecule has 0 atom stereocenters. The number of hydrogen-bond donors (Lipinski definition) is 0. The Balaban J connectivity index is 3.76. The molecule has 0 spiro atoms. The second-order valence-corrected chi connectivity index (χ2v) is 6.96. The van der Waals surface area contributed by atoms with Crippen molar-refractivity contribution in [3.63, 3.8) is 0 Å². The lowest BCUT2D eigenvalue weighted by atomic mass is 10.1. The van der Waals surface area contributed by atoms with Gasteiger partial charge in [0.1, 0.15) is 0 Å². The van der Waals surface area contributed by atoms with E-state index in [0.717, 1.165) is 25.7 Å². The number of hydrogen-bond acceptors (Lipinski definition) is 2. The normalized spacial score (nSPS) is 10.7. The molecule has 0 bridgehead atoms. The highest BCUT2D eigenvalue weighted by atomic mass is 16.2. The standard InChI is InChI=1S/C20H40N2O2/c1-5-7-9-11-13-15-19(23)21(3)17-18-22(4)20(24)16-14-12-10-8-6-2/h5-18H2,1-4H3. The number of rotatable bonds is 15. The van der Waals surface area contributed by atoms with Crippen molar-refractivity contribution in [1.82, 2.24) is 9.80 Å². The zero-order valence-corrected chi connectivity index (χ0v) is 16.6. The number of carbonyl (C=O) groups is 2. The van der Waals surface area contributed by atoms with Crippen LogP contribution >= 0.6 is 0 Å². The molecule has 0 heterocycles. The van der Waals surface area contributed by atoms with Gasteiger partial charge in [-0.3, -0.25) is 9.59 Å². The summed E-state index contributed by atoms with van der Waals surface area (Å²) in [6.07, 6.45) is 12.9. The molecule has 0 aliphatic rings. The molecule has 0 fully saturated rings. The van der Waals surface area contributed by atoms with E-state index < -0.39 is 0 Å². The fraction of sp³-hybridized carbons (Fsp3) is 0.900. The number of likely N-dealkylation sites (N-methyl/N-ethyl adjacent to an activating group) is 2. The van der Waals surface area contributed by atoms with E-state index in [1.54, 1.807) is 9.80 Å². The van der Waals surface area contributed by atoms with Gasteiger partial charge in [-0.25, -0.2) is 0 Å². The smallest absolute Gasteiger partial charge is 0.222 e. The Bertz CT molecular complexity index is 300. The number of nitrogens with zero attached hydrogens (tertiary/aromatic N) is 2. The third-order valence-corrected chi connectivity index (χ3v) is 4.61. The van der Waals surface area contributed by atoms with Crippen LogP contribution in [0.15, 0.2) is 0 Å². The number of unbranched alkanes of at least 4 members (excludes halogenated alkanes) is 8. The van der Waals surface area contributed by atoms with Crippen LogP contribution in [-0.4, -0.2) is 48.8 Å². The van der Waals surface area contributed by atoms with E-state index in [4.69, 9.17) is 0 Å². The first-order chi connectivity index (χ1) is 11.5. The Hall–Kier alpha value is -1.06. The zero-order chi connectivity index (χ0) is 18.2. The molecule has 0 radical (unpaired) electrons. The van der Waals surface area contributed by atoms with Crippen LogP contribution in [0.3, 0.4) is 0 Å². The summed E-state index contributed by atoms with van der Waals surface area (Å²) in [5.41, 5.74) is 0. The summed E-state index contributed by atoms with van der Waals surface area (Å²) in [4.78, 5) is 27.6. The second-order valence-electron chi connectivity index (χ2n) is 6.96. The highest BCUT2D eigenvalue weighted by Gasteiger charge is 2.12. The van der Waals surface area contributed by atoms with E-state index in [-0.39, 0.29) is 11.8 Å². The minimum atomic E-state index is 0.201. The van der Waals surface area contributed by atoms with Gasteiger partial charge in [-0.2, -0.15) is 0 Å². The largest absolute Gasteiger partial charge is 0.344 e. The van der Waals surface area contributed by atoms with Crippen LogP contribution < -0.4 is 0 Å². The molecule has 0 unspecified atom stereocenters. The Morgan fingerprint density at radius 3 is 1.25 bits per heavy atom. The molecule has 4 nitrogen and oxygen atoms in total. The zero-order valence-electron chi connectivity index (χ0n) is 16.6. The number of amides is 2.